The third-order valence-corrected chi connectivity index (χ3v) is 4.13. The Bertz CT molecular complexity index is 493. The monoisotopic (exact) mass is 306 g/mol. The molecule has 5 nitrogen and oxygen atoms in total. The number of methoxy groups -OCH3 is 1. The topological polar surface area (TPSA) is 50.8 Å². The average molecular weight is 306 g/mol. The normalized spacial score (nSPS) is 20.9. The van der Waals surface area contributed by atoms with Crippen molar-refractivity contribution in [3.63, 3.8) is 0 Å². The lowest BCUT2D eigenvalue weighted by molar-refractivity contribution is -0.131. The van der Waals surface area contributed by atoms with Crippen molar-refractivity contribution in [2.45, 2.75) is 26.0 Å². The Morgan fingerprint density at radius 1 is 1.45 bits per heavy atom. The van der Waals surface area contributed by atoms with Crippen LogP contribution in [0.4, 0.5) is 5.69 Å². The fourth-order valence-corrected chi connectivity index (χ4v) is 2.69. The molecule has 0 bridgehead atoms. The van der Waals surface area contributed by atoms with Gasteiger partial charge in [-0.2, -0.15) is 0 Å². The molecule has 1 fully saturated rings. The van der Waals surface area contributed by atoms with E-state index < -0.39 is 0 Å². The van der Waals surface area contributed by atoms with E-state index in [1.807, 2.05) is 25.2 Å². The fourth-order valence-electron chi connectivity index (χ4n) is 2.69. The zero-order chi connectivity index (χ0) is 15.9. The molecule has 1 aliphatic rings. The second-order valence-corrected chi connectivity index (χ2v) is 5.82. The van der Waals surface area contributed by atoms with Gasteiger partial charge < -0.3 is 19.7 Å². The molecule has 2 atom stereocenters. The lowest BCUT2D eigenvalue weighted by Gasteiger charge is -2.23. The highest BCUT2D eigenvalue weighted by atomic mass is 16.5. The molecular formula is C17H26N2O3. The fraction of sp³-hybridized carbons (Fsp3) is 0.588. The minimum atomic E-state index is -0.307. The van der Waals surface area contributed by atoms with E-state index in [-0.39, 0.29) is 12.0 Å². The molecule has 1 aromatic rings. The van der Waals surface area contributed by atoms with E-state index in [0.717, 1.165) is 24.2 Å². The van der Waals surface area contributed by atoms with Gasteiger partial charge in [-0.1, -0.05) is 25.1 Å². The molecule has 1 saturated heterocycles. The maximum atomic E-state index is 12.2. The highest BCUT2D eigenvalue weighted by Gasteiger charge is 2.30. The number of para-hydroxylation sites is 1. The van der Waals surface area contributed by atoms with Crippen LogP contribution in [0.25, 0.3) is 0 Å². The lowest BCUT2D eigenvalue weighted by atomic mass is 10.0. The van der Waals surface area contributed by atoms with Crippen molar-refractivity contribution >= 4 is 11.6 Å². The van der Waals surface area contributed by atoms with Crippen molar-refractivity contribution in [3.8, 4) is 0 Å². The molecule has 0 saturated carbocycles. The van der Waals surface area contributed by atoms with E-state index in [1.165, 1.54) is 0 Å². The van der Waals surface area contributed by atoms with Crippen molar-refractivity contribution in [3.05, 3.63) is 29.8 Å². The molecule has 0 aliphatic carbocycles. The first-order chi connectivity index (χ1) is 10.6. The van der Waals surface area contributed by atoms with Crippen LogP contribution in [-0.2, 0) is 20.8 Å². The number of benzene rings is 1. The number of rotatable bonds is 7. The van der Waals surface area contributed by atoms with Gasteiger partial charge in [0.15, 0.2) is 0 Å². The maximum absolute atomic E-state index is 12.2. The third-order valence-electron chi connectivity index (χ3n) is 4.13. The summed E-state index contributed by atoms with van der Waals surface area (Å²) in [4.78, 5) is 14.4. The molecular weight excluding hydrogens is 280 g/mol. The van der Waals surface area contributed by atoms with Gasteiger partial charge in [-0.3, -0.25) is 4.79 Å². The molecule has 1 heterocycles. The van der Waals surface area contributed by atoms with Gasteiger partial charge in [0.1, 0.15) is 6.10 Å². The minimum Gasteiger partial charge on any atom is -0.383 e. The Morgan fingerprint density at radius 3 is 2.91 bits per heavy atom. The molecule has 1 aromatic carbocycles. The zero-order valence-corrected chi connectivity index (χ0v) is 13.7. The molecule has 0 unspecified atom stereocenters. The van der Waals surface area contributed by atoms with Crippen LogP contribution in [0.5, 0.6) is 0 Å². The van der Waals surface area contributed by atoms with Crippen LogP contribution in [-0.4, -0.2) is 45.9 Å². The first-order valence-corrected chi connectivity index (χ1v) is 7.80. The smallest absolute Gasteiger partial charge is 0.249 e. The number of hydrogen-bond donors (Lipinski definition) is 1. The van der Waals surface area contributed by atoms with Crippen LogP contribution in [0.2, 0.25) is 0 Å². The van der Waals surface area contributed by atoms with Crippen LogP contribution in [0.3, 0.4) is 0 Å². The number of carbonyl (C=O) groups excluding carboxylic acids is 1. The van der Waals surface area contributed by atoms with Gasteiger partial charge in [-0.15, -0.1) is 0 Å². The van der Waals surface area contributed by atoms with Gasteiger partial charge in [-0.05, 0) is 24.0 Å². The molecule has 1 N–H and O–H groups in total. The molecule has 0 spiro atoms. The zero-order valence-electron chi connectivity index (χ0n) is 13.7. The summed E-state index contributed by atoms with van der Waals surface area (Å²) < 4.78 is 10.6. The van der Waals surface area contributed by atoms with Gasteiger partial charge in [0.25, 0.3) is 0 Å². The van der Waals surface area contributed by atoms with E-state index in [2.05, 4.69) is 23.2 Å². The van der Waals surface area contributed by atoms with E-state index in [0.29, 0.717) is 25.7 Å². The number of anilines is 1. The predicted molar refractivity (Wildman–Crippen MR) is 87.0 cm³/mol. The van der Waals surface area contributed by atoms with Gasteiger partial charge >= 0.3 is 0 Å². The number of ether oxygens (including phenoxy) is 2. The van der Waals surface area contributed by atoms with Crippen molar-refractivity contribution in [1.29, 1.82) is 0 Å². The van der Waals surface area contributed by atoms with E-state index in [9.17, 15) is 4.79 Å². The minimum absolute atomic E-state index is 0.0145. The van der Waals surface area contributed by atoms with Crippen LogP contribution in [0.1, 0.15) is 18.9 Å². The van der Waals surface area contributed by atoms with E-state index in [1.54, 1.807) is 7.11 Å². The number of hydrogen-bond acceptors (Lipinski definition) is 4. The molecule has 1 amide bonds. The highest BCUT2D eigenvalue weighted by molar-refractivity contribution is 5.81. The largest absolute Gasteiger partial charge is 0.383 e. The Balaban J connectivity index is 1.96. The Labute approximate surface area is 132 Å². The molecule has 5 heteroatoms. The lowest BCUT2D eigenvalue weighted by Crippen LogP contribution is -2.37. The standard InChI is InChI=1S/C17H26N2O3/c1-13-8-10-22-16(13)17(20)18-12-14-6-4-5-7-15(14)19(2)9-11-21-3/h4-7,13,16H,8-12H2,1-3H3,(H,18,20)/t13-,16+/m0/s1. The molecule has 2 rings (SSSR count). The van der Waals surface area contributed by atoms with Crippen molar-refractivity contribution < 1.29 is 14.3 Å². The number of nitrogens with one attached hydrogen (secondary N) is 1. The molecule has 0 aromatic heterocycles. The number of amides is 1. The predicted octanol–water partition coefficient (Wildman–Crippen LogP) is 1.81. The second-order valence-electron chi connectivity index (χ2n) is 5.82. The van der Waals surface area contributed by atoms with Crippen LogP contribution in [0, 0.1) is 5.92 Å². The molecule has 0 radical (unpaired) electrons. The van der Waals surface area contributed by atoms with Crippen molar-refractivity contribution in [2.24, 2.45) is 5.92 Å². The first-order valence-electron chi connectivity index (χ1n) is 7.80. The number of nitrogens with zero attached hydrogens (tertiary/aromatic N) is 1. The Kier molecular flexibility index (Phi) is 6.21. The maximum Gasteiger partial charge on any atom is 0.249 e. The molecule has 1 aliphatic heterocycles. The quantitative estimate of drug-likeness (QED) is 0.835. The molecule has 122 valence electrons. The summed E-state index contributed by atoms with van der Waals surface area (Å²) >= 11 is 0. The van der Waals surface area contributed by atoms with Crippen LogP contribution >= 0.6 is 0 Å². The second kappa shape index (κ2) is 8.15. The SMILES string of the molecule is COCCN(C)c1ccccc1CNC(=O)[C@@H]1OCC[C@@H]1C. The highest BCUT2D eigenvalue weighted by Crippen LogP contribution is 2.21. The first kappa shape index (κ1) is 16.8. The number of carbonyl (C=O) groups is 1. The van der Waals surface area contributed by atoms with Crippen molar-refractivity contribution in [1.82, 2.24) is 5.32 Å². The van der Waals surface area contributed by atoms with E-state index >= 15 is 0 Å². The summed E-state index contributed by atoms with van der Waals surface area (Å²) in [5.41, 5.74) is 2.21. The molecule has 22 heavy (non-hydrogen) atoms. The summed E-state index contributed by atoms with van der Waals surface area (Å²) in [6.45, 7) is 4.73. The summed E-state index contributed by atoms with van der Waals surface area (Å²) in [5.74, 6) is 0.277. The van der Waals surface area contributed by atoms with Gasteiger partial charge in [0.2, 0.25) is 5.91 Å². The number of likely N-dealkylation sites (N-methyl/N-ethyl adjacent to an activating group) is 1. The average Bonchev–Trinajstić information content (AvgIpc) is 2.96. The summed E-state index contributed by atoms with van der Waals surface area (Å²) in [5, 5.41) is 3.00. The van der Waals surface area contributed by atoms with Crippen LogP contribution in [0.15, 0.2) is 24.3 Å². The summed E-state index contributed by atoms with van der Waals surface area (Å²) in [6, 6.07) is 8.10. The van der Waals surface area contributed by atoms with Gasteiger partial charge in [-0.25, -0.2) is 0 Å². The Morgan fingerprint density at radius 2 is 2.23 bits per heavy atom. The van der Waals surface area contributed by atoms with E-state index in [4.69, 9.17) is 9.47 Å². The Hall–Kier alpha value is -1.59. The third kappa shape index (κ3) is 4.21. The van der Waals surface area contributed by atoms with Gasteiger partial charge in [0, 0.05) is 39.5 Å². The van der Waals surface area contributed by atoms with Crippen LogP contribution < -0.4 is 10.2 Å². The summed E-state index contributed by atoms with van der Waals surface area (Å²) in [6.07, 6.45) is 0.646. The van der Waals surface area contributed by atoms with Crippen molar-refractivity contribution in [2.75, 3.05) is 38.8 Å². The van der Waals surface area contributed by atoms with Gasteiger partial charge in [0.05, 0.1) is 6.61 Å². The summed E-state index contributed by atoms with van der Waals surface area (Å²) in [7, 11) is 3.73.